The Morgan fingerprint density at radius 1 is 1.10 bits per heavy atom. The van der Waals surface area contributed by atoms with Gasteiger partial charge in [-0.05, 0) is 22.8 Å². The number of hydrogen-bond donors (Lipinski definition) is 0. The van der Waals surface area contributed by atoms with E-state index in [9.17, 15) is 4.79 Å². The Bertz CT molecular complexity index is 515. The highest BCUT2D eigenvalue weighted by molar-refractivity contribution is 5.67. The van der Waals surface area contributed by atoms with Crippen LogP contribution in [0.2, 0.25) is 0 Å². The molecule has 2 heteroatoms. The van der Waals surface area contributed by atoms with Gasteiger partial charge in [-0.25, -0.2) is 0 Å². The van der Waals surface area contributed by atoms with Crippen LogP contribution in [0.4, 0.5) is 0 Å². The van der Waals surface area contributed by atoms with Crippen LogP contribution in [0, 0.1) is 0 Å². The second-order valence-electron chi connectivity index (χ2n) is 7.82. The lowest BCUT2D eigenvalue weighted by Gasteiger charge is -2.32. The molecule has 20 heavy (non-hydrogen) atoms. The molecule has 0 aromatic heterocycles. The van der Waals surface area contributed by atoms with Crippen molar-refractivity contribution in [3.63, 3.8) is 0 Å². The minimum atomic E-state index is -0.0258. The van der Waals surface area contributed by atoms with Gasteiger partial charge in [0.15, 0.2) is 0 Å². The Hall–Kier alpha value is -1.31. The van der Waals surface area contributed by atoms with Crippen molar-refractivity contribution in [2.45, 2.75) is 64.7 Å². The highest BCUT2D eigenvalue weighted by Crippen LogP contribution is 2.43. The third kappa shape index (κ3) is 2.74. The number of rotatable bonds is 1. The molecule has 0 bridgehead atoms. The minimum absolute atomic E-state index is 0.0100. The van der Waals surface area contributed by atoms with E-state index in [4.69, 9.17) is 4.74 Å². The fourth-order valence-electron chi connectivity index (χ4n) is 2.66. The number of carbonyl (C=O) groups is 1. The first kappa shape index (κ1) is 15.1. The van der Waals surface area contributed by atoms with Gasteiger partial charge in [-0.15, -0.1) is 0 Å². The normalized spacial score (nSPS) is 19.2. The standard InChI is InChI=1S/C18H26O2/c1-17(2,3)13-9-14-12(11-19)7-8-20-16(14)15(10-13)18(4,5)6/h9-12H,7-8H2,1-6H3. The van der Waals surface area contributed by atoms with Gasteiger partial charge in [0.05, 0.1) is 6.61 Å². The van der Waals surface area contributed by atoms with Crippen molar-refractivity contribution in [1.29, 1.82) is 0 Å². The van der Waals surface area contributed by atoms with Crippen LogP contribution in [0.15, 0.2) is 12.1 Å². The van der Waals surface area contributed by atoms with Gasteiger partial charge in [0.25, 0.3) is 0 Å². The van der Waals surface area contributed by atoms with Gasteiger partial charge in [-0.2, -0.15) is 0 Å². The van der Waals surface area contributed by atoms with E-state index in [0.717, 1.165) is 24.0 Å². The van der Waals surface area contributed by atoms with Gasteiger partial charge in [0, 0.05) is 17.0 Å². The van der Waals surface area contributed by atoms with Crippen molar-refractivity contribution in [2.75, 3.05) is 6.61 Å². The summed E-state index contributed by atoms with van der Waals surface area (Å²) in [5.74, 6) is 0.913. The SMILES string of the molecule is CC(C)(C)c1cc2c(c(C(C)(C)C)c1)OCCC2C=O. The molecule has 0 radical (unpaired) electrons. The summed E-state index contributed by atoms with van der Waals surface area (Å²) in [7, 11) is 0. The van der Waals surface area contributed by atoms with Crippen molar-refractivity contribution >= 4 is 6.29 Å². The molecule has 1 aliphatic heterocycles. The van der Waals surface area contributed by atoms with Gasteiger partial charge < -0.3 is 9.53 Å². The predicted octanol–water partition coefficient (Wildman–Crippen LogP) is 4.35. The Morgan fingerprint density at radius 3 is 2.25 bits per heavy atom. The zero-order chi connectivity index (χ0) is 15.1. The van der Waals surface area contributed by atoms with Crippen LogP contribution in [0.25, 0.3) is 0 Å². The molecule has 0 saturated heterocycles. The zero-order valence-corrected chi connectivity index (χ0v) is 13.5. The summed E-state index contributed by atoms with van der Waals surface area (Å²) >= 11 is 0. The maximum absolute atomic E-state index is 11.4. The summed E-state index contributed by atoms with van der Waals surface area (Å²) in [6.07, 6.45) is 1.86. The van der Waals surface area contributed by atoms with Crippen LogP contribution in [-0.2, 0) is 15.6 Å². The van der Waals surface area contributed by atoms with Gasteiger partial charge in [-0.1, -0.05) is 53.7 Å². The van der Waals surface area contributed by atoms with E-state index in [1.165, 1.54) is 11.1 Å². The molecule has 0 fully saturated rings. The van der Waals surface area contributed by atoms with Crippen LogP contribution in [0.1, 0.15) is 70.6 Å². The third-order valence-corrected chi connectivity index (χ3v) is 4.03. The monoisotopic (exact) mass is 274 g/mol. The molecule has 1 atom stereocenters. The number of hydrogen-bond acceptors (Lipinski definition) is 2. The molecule has 110 valence electrons. The second-order valence-corrected chi connectivity index (χ2v) is 7.82. The van der Waals surface area contributed by atoms with Gasteiger partial charge in [0.1, 0.15) is 12.0 Å². The van der Waals surface area contributed by atoms with Crippen LogP contribution in [-0.4, -0.2) is 12.9 Å². The molecule has 1 aliphatic rings. The summed E-state index contributed by atoms with van der Waals surface area (Å²) in [5, 5.41) is 0. The van der Waals surface area contributed by atoms with Gasteiger partial charge >= 0.3 is 0 Å². The van der Waals surface area contributed by atoms with E-state index in [1.807, 2.05) is 0 Å². The van der Waals surface area contributed by atoms with Crippen molar-refractivity contribution in [3.05, 3.63) is 28.8 Å². The maximum Gasteiger partial charge on any atom is 0.127 e. The summed E-state index contributed by atoms with van der Waals surface area (Å²) in [6, 6.07) is 4.43. The highest BCUT2D eigenvalue weighted by atomic mass is 16.5. The van der Waals surface area contributed by atoms with Crippen LogP contribution in [0.3, 0.4) is 0 Å². The molecule has 0 N–H and O–H groups in total. The lowest BCUT2D eigenvalue weighted by atomic mass is 9.76. The lowest BCUT2D eigenvalue weighted by molar-refractivity contribution is -0.109. The Morgan fingerprint density at radius 2 is 1.75 bits per heavy atom. The fourth-order valence-corrected chi connectivity index (χ4v) is 2.66. The summed E-state index contributed by atoms with van der Waals surface area (Å²) in [4.78, 5) is 11.4. The molecule has 1 aromatic rings. The van der Waals surface area contributed by atoms with Crippen molar-refractivity contribution in [1.82, 2.24) is 0 Å². The number of benzene rings is 1. The molecule has 0 saturated carbocycles. The average molecular weight is 274 g/mol. The number of aldehydes is 1. The topological polar surface area (TPSA) is 26.3 Å². The van der Waals surface area contributed by atoms with Crippen molar-refractivity contribution in [2.24, 2.45) is 0 Å². The first-order valence-electron chi connectivity index (χ1n) is 7.41. The minimum Gasteiger partial charge on any atom is -0.493 e. The predicted molar refractivity (Wildman–Crippen MR) is 82.8 cm³/mol. The molecule has 1 heterocycles. The average Bonchev–Trinajstić information content (AvgIpc) is 2.34. The summed E-state index contributed by atoms with van der Waals surface area (Å²) < 4.78 is 5.92. The molecule has 1 aromatic carbocycles. The Labute approximate surface area is 122 Å². The first-order chi connectivity index (χ1) is 9.14. The molecule has 0 amide bonds. The van der Waals surface area contributed by atoms with E-state index in [1.54, 1.807) is 0 Å². The van der Waals surface area contributed by atoms with E-state index in [-0.39, 0.29) is 16.7 Å². The number of fused-ring (bicyclic) bond motifs is 1. The molecule has 1 unspecified atom stereocenters. The molecule has 0 spiro atoms. The molecule has 0 aliphatic carbocycles. The zero-order valence-electron chi connectivity index (χ0n) is 13.5. The van der Waals surface area contributed by atoms with E-state index < -0.39 is 0 Å². The first-order valence-corrected chi connectivity index (χ1v) is 7.41. The van der Waals surface area contributed by atoms with Crippen LogP contribution >= 0.6 is 0 Å². The molecule has 2 nitrogen and oxygen atoms in total. The fraction of sp³-hybridized carbons (Fsp3) is 0.611. The Balaban J connectivity index is 2.71. The maximum atomic E-state index is 11.4. The largest absolute Gasteiger partial charge is 0.493 e. The van der Waals surface area contributed by atoms with Crippen molar-refractivity contribution in [3.8, 4) is 5.75 Å². The van der Waals surface area contributed by atoms with Gasteiger partial charge in [0.2, 0.25) is 0 Å². The van der Waals surface area contributed by atoms with E-state index >= 15 is 0 Å². The van der Waals surface area contributed by atoms with Crippen LogP contribution in [0.5, 0.6) is 5.75 Å². The second kappa shape index (κ2) is 4.91. The van der Waals surface area contributed by atoms with Crippen molar-refractivity contribution < 1.29 is 9.53 Å². The molecular formula is C18H26O2. The number of carbonyl (C=O) groups excluding carboxylic acids is 1. The smallest absolute Gasteiger partial charge is 0.127 e. The Kier molecular flexibility index (Phi) is 3.70. The van der Waals surface area contributed by atoms with E-state index in [0.29, 0.717) is 6.61 Å². The highest BCUT2D eigenvalue weighted by Gasteiger charge is 2.30. The quantitative estimate of drug-likeness (QED) is 0.712. The molecule has 2 rings (SSSR count). The lowest BCUT2D eigenvalue weighted by Crippen LogP contribution is -2.23. The number of ether oxygens (including phenoxy) is 1. The summed E-state index contributed by atoms with van der Waals surface area (Å²) in [6.45, 7) is 13.9. The van der Waals surface area contributed by atoms with Crippen LogP contribution < -0.4 is 4.74 Å². The molecular weight excluding hydrogens is 248 g/mol. The van der Waals surface area contributed by atoms with E-state index in [2.05, 4.69) is 53.7 Å². The third-order valence-electron chi connectivity index (χ3n) is 4.03. The summed E-state index contributed by atoms with van der Waals surface area (Å²) in [5.41, 5.74) is 3.64. The van der Waals surface area contributed by atoms with Gasteiger partial charge in [-0.3, -0.25) is 0 Å².